The Hall–Kier alpha value is -1.69. The summed E-state index contributed by atoms with van der Waals surface area (Å²) in [5.41, 5.74) is 0.660. The molecular weight excluding hydrogens is 295 g/mol. The molecule has 2 aliphatic rings. The molecule has 5 nitrogen and oxygen atoms in total. The smallest absolute Gasteiger partial charge is 0.273 e. The summed E-state index contributed by atoms with van der Waals surface area (Å²) in [7, 11) is 0. The summed E-state index contributed by atoms with van der Waals surface area (Å²) >= 11 is 0. The minimum atomic E-state index is -0.537. The van der Waals surface area contributed by atoms with E-state index in [1.807, 2.05) is 0 Å². The highest BCUT2D eigenvalue weighted by molar-refractivity contribution is 5.93. The maximum absolute atomic E-state index is 14.2. The Bertz CT molecular complexity index is 568. The van der Waals surface area contributed by atoms with E-state index < -0.39 is 11.7 Å². The molecule has 1 aliphatic carbocycles. The summed E-state index contributed by atoms with van der Waals surface area (Å²) in [6.07, 6.45) is 4.71. The summed E-state index contributed by atoms with van der Waals surface area (Å²) in [4.78, 5) is 20.6. The van der Waals surface area contributed by atoms with Crippen molar-refractivity contribution in [1.29, 1.82) is 0 Å². The van der Waals surface area contributed by atoms with Crippen LogP contribution >= 0.6 is 0 Å². The van der Waals surface area contributed by atoms with E-state index in [1.165, 1.54) is 6.07 Å². The van der Waals surface area contributed by atoms with Crippen molar-refractivity contribution in [2.24, 2.45) is 0 Å². The Morgan fingerprint density at radius 3 is 2.65 bits per heavy atom. The molecule has 0 aromatic carbocycles. The van der Waals surface area contributed by atoms with Gasteiger partial charge in [0.1, 0.15) is 0 Å². The van der Waals surface area contributed by atoms with Crippen LogP contribution in [0.4, 0.5) is 10.1 Å². The maximum atomic E-state index is 14.2. The van der Waals surface area contributed by atoms with Gasteiger partial charge in [0, 0.05) is 44.3 Å². The Morgan fingerprint density at radius 2 is 2.09 bits per heavy atom. The summed E-state index contributed by atoms with van der Waals surface area (Å²) in [6, 6.07) is 2.23. The SMILES string of the molecule is CC[C@H](C)N1CCN(c2cnc(C(=O)NC3CC3)c(F)c2)CC1. The van der Waals surface area contributed by atoms with Gasteiger partial charge in [-0.1, -0.05) is 6.92 Å². The van der Waals surface area contributed by atoms with Crippen molar-refractivity contribution >= 4 is 11.6 Å². The predicted octanol–water partition coefficient (Wildman–Crippen LogP) is 2.03. The number of nitrogens with zero attached hydrogens (tertiary/aromatic N) is 3. The van der Waals surface area contributed by atoms with E-state index in [9.17, 15) is 9.18 Å². The molecule has 1 amide bonds. The van der Waals surface area contributed by atoms with Crippen molar-refractivity contribution in [3.05, 3.63) is 23.8 Å². The Balaban J connectivity index is 1.63. The lowest BCUT2D eigenvalue weighted by Gasteiger charge is -2.38. The predicted molar refractivity (Wildman–Crippen MR) is 88.2 cm³/mol. The number of anilines is 1. The van der Waals surface area contributed by atoms with E-state index in [-0.39, 0.29) is 11.7 Å². The molecule has 6 heteroatoms. The molecule has 0 spiro atoms. The van der Waals surface area contributed by atoms with Gasteiger partial charge in [0.15, 0.2) is 11.5 Å². The molecule has 3 rings (SSSR count). The number of halogens is 1. The summed E-state index contributed by atoms with van der Waals surface area (Å²) in [5, 5.41) is 2.77. The average Bonchev–Trinajstić information content (AvgIpc) is 3.38. The molecule has 1 aliphatic heterocycles. The fourth-order valence-corrected chi connectivity index (χ4v) is 2.93. The molecule has 1 aromatic rings. The highest BCUT2D eigenvalue weighted by Gasteiger charge is 2.26. The lowest BCUT2D eigenvalue weighted by atomic mass is 10.2. The standard InChI is InChI=1S/C17H25FN4O/c1-3-12(2)21-6-8-22(9-7-21)14-10-15(18)16(19-11-14)17(23)20-13-4-5-13/h10-13H,3-9H2,1-2H3,(H,20,23)/t12-/m0/s1. The molecule has 2 fully saturated rings. The van der Waals surface area contributed by atoms with Gasteiger partial charge < -0.3 is 10.2 Å². The van der Waals surface area contributed by atoms with Gasteiger partial charge in [-0.25, -0.2) is 9.37 Å². The number of hydrogen-bond donors (Lipinski definition) is 1. The van der Waals surface area contributed by atoms with Crippen LogP contribution in [0, 0.1) is 5.82 Å². The maximum Gasteiger partial charge on any atom is 0.273 e. The second kappa shape index (κ2) is 6.83. The highest BCUT2D eigenvalue weighted by atomic mass is 19.1. The molecule has 126 valence electrons. The van der Waals surface area contributed by atoms with Crippen LogP contribution in [0.2, 0.25) is 0 Å². The van der Waals surface area contributed by atoms with E-state index in [4.69, 9.17) is 0 Å². The van der Waals surface area contributed by atoms with Gasteiger partial charge in [0.25, 0.3) is 5.91 Å². The van der Waals surface area contributed by atoms with Gasteiger partial charge in [0.2, 0.25) is 0 Å². The Labute approximate surface area is 136 Å². The topological polar surface area (TPSA) is 48.5 Å². The van der Waals surface area contributed by atoms with Gasteiger partial charge in [-0.2, -0.15) is 0 Å². The van der Waals surface area contributed by atoms with Crippen LogP contribution in [0.3, 0.4) is 0 Å². The van der Waals surface area contributed by atoms with Crippen molar-refractivity contribution < 1.29 is 9.18 Å². The van der Waals surface area contributed by atoms with Crippen LogP contribution < -0.4 is 10.2 Å². The fraction of sp³-hybridized carbons (Fsp3) is 0.647. The molecule has 1 aromatic heterocycles. The Morgan fingerprint density at radius 1 is 1.39 bits per heavy atom. The van der Waals surface area contributed by atoms with Crippen molar-refractivity contribution in [1.82, 2.24) is 15.2 Å². The van der Waals surface area contributed by atoms with E-state index in [0.29, 0.717) is 6.04 Å². The number of amides is 1. The van der Waals surface area contributed by atoms with E-state index in [2.05, 4.69) is 33.9 Å². The minimum absolute atomic E-state index is 0.0982. The van der Waals surface area contributed by atoms with Crippen molar-refractivity contribution in [2.75, 3.05) is 31.1 Å². The van der Waals surface area contributed by atoms with E-state index >= 15 is 0 Å². The van der Waals surface area contributed by atoms with Crippen molar-refractivity contribution in [2.45, 2.75) is 45.2 Å². The zero-order valence-electron chi connectivity index (χ0n) is 13.9. The molecular formula is C17H25FN4O. The van der Waals surface area contributed by atoms with Crippen molar-refractivity contribution in [3.63, 3.8) is 0 Å². The minimum Gasteiger partial charge on any atom is -0.368 e. The summed E-state index contributed by atoms with van der Waals surface area (Å²) in [6.45, 7) is 8.10. The van der Waals surface area contributed by atoms with Gasteiger partial charge in [-0.3, -0.25) is 9.69 Å². The van der Waals surface area contributed by atoms with Crippen LogP contribution in [-0.4, -0.2) is 54.1 Å². The second-order valence-corrected chi connectivity index (χ2v) is 6.55. The molecule has 0 unspecified atom stereocenters. The molecule has 1 N–H and O–H groups in total. The van der Waals surface area contributed by atoms with Gasteiger partial charge >= 0.3 is 0 Å². The molecule has 0 bridgehead atoms. The molecule has 2 heterocycles. The third-order valence-electron chi connectivity index (χ3n) is 4.85. The van der Waals surface area contributed by atoms with Crippen LogP contribution in [0.15, 0.2) is 12.3 Å². The average molecular weight is 320 g/mol. The molecule has 1 saturated carbocycles. The number of carbonyl (C=O) groups excluding carboxylic acids is 1. The Kier molecular flexibility index (Phi) is 4.80. The zero-order valence-corrected chi connectivity index (χ0v) is 13.9. The largest absolute Gasteiger partial charge is 0.368 e. The van der Waals surface area contributed by atoms with E-state index in [1.54, 1.807) is 6.20 Å². The molecule has 1 saturated heterocycles. The summed E-state index contributed by atoms with van der Waals surface area (Å²) < 4.78 is 14.2. The third kappa shape index (κ3) is 3.80. The highest BCUT2D eigenvalue weighted by Crippen LogP contribution is 2.22. The van der Waals surface area contributed by atoms with Gasteiger partial charge in [-0.15, -0.1) is 0 Å². The van der Waals surface area contributed by atoms with Crippen LogP contribution in [0.5, 0.6) is 0 Å². The molecule has 0 radical (unpaired) electrons. The molecule has 1 atom stereocenters. The van der Waals surface area contributed by atoms with Crippen LogP contribution in [0.1, 0.15) is 43.6 Å². The number of pyridine rings is 1. The lowest BCUT2D eigenvalue weighted by molar-refractivity contribution is 0.0941. The first kappa shape index (κ1) is 16.2. The number of rotatable bonds is 5. The fourth-order valence-electron chi connectivity index (χ4n) is 2.93. The normalized spacial score (nSPS) is 20.4. The lowest BCUT2D eigenvalue weighted by Crippen LogP contribution is -2.49. The monoisotopic (exact) mass is 320 g/mol. The first-order chi connectivity index (χ1) is 11.1. The quantitative estimate of drug-likeness (QED) is 0.902. The summed E-state index contributed by atoms with van der Waals surface area (Å²) in [5.74, 6) is -0.942. The van der Waals surface area contributed by atoms with Crippen LogP contribution in [0.25, 0.3) is 0 Å². The first-order valence-electron chi connectivity index (χ1n) is 8.54. The molecule has 23 heavy (non-hydrogen) atoms. The second-order valence-electron chi connectivity index (χ2n) is 6.55. The number of hydrogen-bond acceptors (Lipinski definition) is 4. The number of nitrogens with one attached hydrogen (secondary N) is 1. The van der Waals surface area contributed by atoms with Crippen molar-refractivity contribution in [3.8, 4) is 0 Å². The van der Waals surface area contributed by atoms with E-state index in [0.717, 1.165) is 51.1 Å². The van der Waals surface area contributed by atoms with Gasteiger partial charge in [0.05, 0.1) is 11.9 Å². The number of piperazine rings is 1. The number of carbonyl (C=O) groups is 1. The third-order valence-corrected chi connectivity index (χ3v) is 4.85. The van der Waals surface area contributed by atoms with Gasteiger partial charge in [-0.05, 0) is 26.2 Å². The van der Waals surface area contributed by atoms with Crippen LogP contribution in [-0.2, 0) is 0 Å². The first-order valence-corrected chi connectivity index (χ1v) is 8.54. The zero-order chi connectivity index (χ0) is 16.4. The number of aromatic nitrogens is 1.